The van der Waals surface area contributed by atoms with Gasteiger partial charge in [-0.1, -0.05) is 12.2 Å². The number of hydrogen-bond acceptors (Lipinski definition) is 1. The van der Waals surface area contributed by atoms with E-state index in [-0.39, 0.29) is 6.54 Å². The second kappa shape index (κ2) is 3.90. The zero-order valence-corrected chi connectivity index (χ0v) is 9.65. The summed E-state index contributed by atoms with van der Waals surface area (Å²) in [6, 6.07) is -1.71. The van der Waals surface area contributed by atoms with Crippen LogP contribution >= 0.6 is 0 Å². The third-order valence-corrected chi connectivity index (χ3v) is 3.84. The number of rotatable bonds is 1. The lowest BCUT2D eigenvalue weighted by Gasteiger charge is -2.30. The normalized spacial score (nSPS) is 25.9. The number of alkyl halides is 3. The zero-order chi connectivity index (χ0) is 11.9. The molecule has 2 atom stereocenters. The summed E-state index contributed by atoms with van der Waals surface area (Å²) in [5.41, 5.74) is 0. The first-order valence-electron chi connectivity index (χ1n) is 4.56. The lowest BCUT2D eigenvalue weighted by molar-refractivity contribution is -0.154. The molecule has 1 rings (SSSR count). The van der Waals surface area contributed by atoms with Crippen molar-refractivity contribution >= 4 is 11.0 Å². The van der Waals surface area contributed by atoms with Gasteiger partial charge in [0.2, 0.25) is 0 Å². The van der Waals surface area contributed by atoms with Gasteiger partial charge in [-0.15, -0.1) is 0 Å². The van der Waals surface area contributed by atoms with Crippen LogP contribution in [0.3, 0.4) is 0 Å². The molecule has 1 aliphatic rings. The Balaban J connectivity index is 2.86. The van der Waals surface area contributed by atoms with Crippen molar-refractivity contribution in [2.24, 2.45) is 0 Å². The van der Waals surface area contributed by atoms with Crippen molar-refractivity contribution < 1.29 is 17.4 Å². The van der Waals surface area contributed by atoms with Crippen LogP contribution in [0.15, 0.2) is 12.2 Å². The number of hydrogen-bond donors (Lipinski definition) is 0. The van der Waals surface area contributed by atoms with Gasteiger partial charge in [0.05, 0.1) is 4.75 Å². The Labute approximate surface area is 89.7 Å². The Hall–Kier alpha value is -0.360. The molecule has 6 heteroatoms. The van der Waals surface area contributed by atoms with Crippen molar-refractivity contribution in [2.75, 3.05) is 6.54 Å². The quantitative estimate of drug-likeness (QED) is 0.645. The van der Waals surface area contributed by atoms with E-state index >= 15 is 0 Å². The summed E-state index contributed by atoms with van der Waals surface area (Å²) < 4.78 is 49.7. The molecule has 0 aromatic rings. The highest BCUT2D eigenvalue weighted by atomic mass is 32.2. The Morgan fingerprint density at radius 3 is 2.27 bits per heavy atom. The molecule has 15 heavy (non-hydrogen) atoms. The van der Waals surface area contributed by atoms with E-state index < -0.39 is 28.0 Å². The molecule has 0 amide bonds. The van der Waals surface area contributed by atoms with Crippen LogP contribution in [0.4, 0.5) is 13.2 Å². The first-order chi connectivity index (χ1) is 6.64. The lowest BCUT2D eigenvalue weighted by atomic mass is 10.3. The highest BCUT2D eigenvalue weighted by Gasteiger charge is 2.47. The van der Waals surface area contributed by atoms with Gasteiger partial charge in [0.15, 0.2) is 0 Å². The molecule has 0 aromatic heterocycles. The van der Waals surface area contributed by atoms with Crippen molar-refractivity contribution in [3.63, 3.8) is 0 Å². The Kier molecular flexibility index (Phi) is 3.30. The highest BCUT2D eigenvalue weighted by molar-refractivity contribution is 7.84. The summed E-state index contributed by atoms with van der Waals surface area (Å²) in [4.78, 5) is 0. The molecule has 0 aromatic carbocycles. The van der Waals surface area contributed by atoms with Gasteiger partial charge < -0.3 is 0 Å². The molecule has 1 unspecified atom stereocenters. The maximum absolute atomic E-state index is 12.5. The van der Waals surface area contributed by atoms with E-state index in [0.29, 0.717) is 0 Å². The van der Waals surface area contributed by atoms with E-state index in [0.717, 1.165) is 10.4 Å². The fourth-order valence-corrected chi connectivity index (χ4v) is 2.62. The first kappa shape index (κ1) is 12.7. The monoisotopic (exact) mass is 241 g/mol. The van der Waals surface area contributed by atoms with Crippen LogP contribution < -0.4 is 0 Å². The lowest BCUT2D eigenvalue weighted by Crippen LogP contribution is -2.47. The van der Waals surface area contributed by atoms with Crippen LogP contribution in [0.25, 0.3) is 0 Å². The van der Waals surface area contributed by atoms with Crippen LogP contribution in [0.1, 0.15) is 20.8 Å². The second-order valence-electron chi connectivity index (χ2n) is 4.38. The van der Waals surface area contributed by atoms with Crippen molar-refractivity contribution in [1.82, 2.24) is 4.31 Å². The van der Waals surface area contributed by atoms with E-state index in [2.05, 4.69) is 0 Å². The third kappa shape index (κ3) is 2.81. The Morgan fingerprint density at radius 2 is 1.87 bits per heavy atom. The molecule has 88 valence electrons. The SMILES string of the molecule is CC(C)(C)S(=O)N1CC=C[C@H]1C(F)(F)F. The van der Waals surface area contributed by atoms with Gasteiger partial charge in [0.25, 0.3) is 0 Å². The largest absolute Gasteiger partial charge is 0.408 e. The van der Waals surface area contributed by atoms with Gasteiger partial charge in [0.1, 0.15) is 17.0 Å². The molecule has 2 nitrogen and oxygen atoms in total. The number of nitrogens with zero attached hydrogens (tertiary/aromatic N) is 1. The standard InChI is InChI=1S/C9H14F3NOS/c1-8(2,3)15(14)13-6-4-5-7(13)9(10,11)12/h4-5,7H,6H2,1-3H3/t7-,15?/m0/s1. The van der Waals surface area contributed by atoms with E-state index in [1.165, 1.54) is 6.08 Å². The van der Waals surface area contributed by atoms with Crippen molar-refractivity contribution in [3.8, 4) is 0 Å². The zero-order valence-electron chi connectivity index (χ0n) is 8.84. The molecule has 0 fully saturated rings. The molecule has 0 N–H and O–H groups in total. The molecule has 1 aliphatic heterocycles. The van der Waals surface area contributed by atoms with E-state index in [9.17, 15) is 17.4 Å². The maximum Gasteiger partial charge on any atom is 0.408 e. The maximum atomic E-state index is 12.5. The Morgan fingerprint density at radius 1 is 1.33 bits per heavy atom. The van der Waals surface area contributed by atoms with E-state index in [1.54, 1.807) is 20.8 Å². The highest BCUT2D eigenvalue weighted by Crippen LogP contribution is 2.32. The molecule has 1 heterocycles. The van der Waals surface area contributed by atoms with Crippen molar-refractivity contribution in [3.05, 3.63) is 12.2 Å². The summed E-state index contributed by atoms with van der Waals surface area (Å²) in [5, 5.41) is 0. The van der Waals surface area contributed by atoms with E-state index in [1.807, 2.05) is 0 Å². The molecule has 0 aliphatic carbocycles. The minimum Gasteiger partial charge on any atom is -0.242 e. The molecule has 0 saturated carbocycles. The molecule has 0 saturated heterocycles. The smallest absolute Gasteiger partial charge is 0.242 e. The summed E-state index contributed by atoms with van der Waals surface area (Å²) >= 11 is 0. The van der Waals surface area contributed by atoms with Crippen molar-refractivity contribution in [2.45, 2.75) is 37.7 Å². The predicted molar refractivity (Wildman–Crippen MR) is 53.6 cm³/mol. The topological polar surface area (TPSA) is 20.3 Å². The summed E-state index contributed by atoms with van der Waals surface area (Å²) in [7, 11) is -1.64. The summed E-state index contributed by atoms with van der Waals surface area (Å²) in [5.74, 6) is 0. The Bertz CT molecular complexity index is 293. The average Bonchev–Trinajstić information content (AvgIpc) is 2.47. The average molecular weight is 241 g/mol. The predicted octanol–water partition coefficient (Wildman–Crippen LogP) is 2.25. The molecular weight excluding hydrogens is 227 g/mol. The van der Waals surface area contributed by atoms with Gasteiger partial charge in [-0.05, 0) is 20.8 Å². The van der Waals surface area contributed by atoms with Gasteiger partial charge in [-0.25, -0.2) is 8.51 Å². The van der Waals surface area contributed by atoms with Crippen LogP contribution in [-0.4, -0.2) is 32.0 Å². The van der Waals surface area contributed by atoms with Crippen LogP contribution in [0, 0.1) is 0 Å². The first-order valence-corrected chi connectivity index (χ1v) is 5.67. The second-order valence-corrected chi connectivity index (χ2v) is 6.57. The van der Waals surface area contributed by atoms with Gasteiger partial charge in [-0.2, -0.15) is 13.2 Å². The minimum absolute atomic E-state index is 0.0913. The molecule has 0 radical (unpaired) electrons. The molecular formula is C9H14F3NOS. The fraction of sp³-hybridized carbons (Fsp3) is 0.778. The van der Waals surface area contributed by atoms with Gasteiger partial charge in [-0.3, -0.25) is 0 Å². The summed E-state index contributed by atoms with van der Waals surface area (Å²) in [6.45, 7) is 5.08. The summed E-state index contributed by atoms with van der Waals surface area (Å²) in [6.07, 6.45) is -1.89. The molecule has 0 bridgehead atoms. The van der Waals surface area contributed by atoms with Gasteiger partial charge in [0, 0.05) is 6.54 Å². The van der Waals surface area contributed by atoms with Crippen molar-refractivity contribution in [1.29, 1.82) is 0 Å². The number of halogens is 3. The minimum atomic E-state index is -4.35. The van der Waals surface area contributed by atoms with Gasteiger partial charge >= 0.3 is 6.18 Å². The van der Waals surface area contributed by atoms with Crippen LogP contribution in [-0.2, 0) is 11.0 Å². The third-order valence-electron chi connectivity index (χ3n) is 1.99. The fourth-order valence-electron chi connectivity index (χ4n) is 1.30. The van der Waals surface area contributed by atoms with Crippen LogP contribution in [0.2, 0.25) is 0 Å². The van der Waals surface area contributed by atoms with Crippen LogP contribution in [0.5, 0.6) is 0 Å². The molecule has 0 spiro atoms. The van der Waals surface area contributed by atoms with E-state index in [4.69, 9.17) is 0 Å².